The molecule has 174 valence electrons. The van der Waals surface area contributed by atoms with Gasteiger partial charge in [-0.05, 0) is 45.8 Å². The number of benzene rings is 2. The molecule has 1 amide bonds. The third-order valence-electron chi connectivity index (χ3n) is 5.09. The minimum Gasteiger partial charge on any atom is -0.497 e. The fraction of sp³-hybridized carbons (Fsp3) is 0.318. The number of hydrogen-bond acceptors (Lipinski definition) is 9. The molecule has 2 aromatic carbocycles. The van der Waals surface area contributed by atoms with E-state index >= 15 is 0 Å². The van der Waals surface area contributed by atoms with Crippen LogP contribution in [0.15, 0.2) is 39.0 Å². The maximum Gasteiger partial charge on any atom is 0.289 e. The third kappa shape index (κ3) is 4.68. The number of amides is 1. The van der Waals surface area contributed by atoms with E-state index in [-0.39, 0.29) is 18.6 Å². The van der Waals surface area contributed by atoms with Gasteiger partial charge in [0.2, 0.25) is 18.3 Å². The molecule has 2 aliphatic heterocycles. The molecule has 10 nitrogen and oxygen atoms in total. The average molecular weight is 520 g/mol. The summed E-state index contributed by atoms with van der Waals surface area (Å²) in [5.74, 6) is 2.27. The molecule has 0 saturated carbocycles. The van der Waals surface area contributed by atoms with Crippen molar-refractivity contribution >= 4 is 33.8 Å². The van der Waals surface area contributed by atoms with E-state index in [1.54, 1.807) is 33.5 Å². The summed E-state index contributed by atoms with van der Waals surface area (Å²) in [5.41, 5.74) is 4.29. The van der Waals surface area contributed by atoms with Crippen molar-refractivity contribution in [2.45, 2.75) is 18.9 Å². The number of halogens is 1. The quantitative estimate of drug-likeness (QED) is 0.421. The Morgan fingerprint density at radius 2 is 1.85 bits per heavy atom. The molecular formula is C22H22BrN3O7. The summed E-state index contributed by atoms with van der Waals surface area (Å²) in [6.07, 6.45) is 1.85. The Morgan fingerprint density at radius 3 is 2.52 bits per heavy atom. The summed E-state index contributed by atoms with van der Waals surface area (Å²) in [7, 11) is 4.69. The number of carbonyl (C=O) groups excluding carboxylic acids is 1. The zero-order chi connectivity index (χ0) is 23.4. The molecule has 0 aliphatic carbocycles. The summed E-state index contributed by atoms with van der Waals surface area (Å²) >= 11 is 3.56. The number of nitrogens with one attached hydrogen (secondary N) is 1. The van der Waals surface area contributed by atoms with Crippen molar-refractivity contribution in [1.82, 2.24) is 5.43 Å². The molecule has 2 aliphatic rings. The normalized spacial score (nSPS) is 16.4. The van der Waals surface area contributed by atoms with E-state index in [0.29, 0.717) is 40.3 Å². The molecule has 0 unspecified atom stereocenters. The summed E-state index contributed by atoms with van der Waals surface area (Å²) < 4.78 is 27.9. The van der Waals surface area contributed by atoms with Crippen LogP contribution >= 0.6 is 15.9 Å². The molecule has 2 aromatic rings. The lowest BCUT2D eigenvalue weighted by atomic mass is 10.0. The smallest absolute Gasteiger partial charge is 0.289 e. The number of carbonyl (C=O) groups is 1. The van der Waals surface area contributed by atoms with Crippen LogP contribution in [0.4, 0.5) is 0 Å². The third-order valence-corrected chi connectivity index (χ3v) is 5.93. The largest absolute Gasteiger partial charge is 0.497 e. The van der Waals surface area contributed by atoms with E-state index in [9.17, 15) is 4.79 Å². The molecule has 0 aromatic heterocycles. The van der Waals surface area contributed by atoms with E-state index in [1.807, 2.05) is 12.1 Å². The van der Waals surface area contributed by atoms with E-state index in [1.165, 1.54) is 6.21 Å². The number of methoxy groups -OCH3 is 3. The molecule has 2 heterocycles. The van der Waals surface area contributed by atoms with Crippen molar-refractivity contribution in [3.63, 3.8) is 0 Å². The predicted octanol–water partition coefficient (Wildman–Crippen LogP) is 3.04. The van der Waals surface area contributed by atoms with Crippen molar-refractivity contribution in [2.75, 3.05) is 28.1 Å². The van der Waals surface area contributed by atoms with Crippen LogP contribution < -0.4 is 29.1 Å². The second-order valence-electron chi connectivity index (χ2n) is 7.07. The van der Waals surface area contributed by atoms with Gasteiger partial charge in [0.25, 0.3) is 5.91 Å². The molecule has 11 heteroatoms. The van der Waals surface area contributed by atoms with Crippen molar-refractivity contribution in [1.29, 1.82) is 0 Å². The lowest BCUT2D eigenvalue weighted by Crippen LogP contribution is -2.27. The van der Waals surface area contributed by atoms with Crippen LogP contribution in [0.3, 0.4) is 0 Å². The zero-order valence-corrected chi connectivity index (χ0v) is 19.8. The van der Waals surface area contributed by atoms with E-state index < -0.39 is 5.91 Å². The molecule has 0 spiro atoms. The molecular weight excluding hydrogens is 498 g/mol. The molecule has 4 rings (SSSR count). The van der Waals surface area contributed by atoms with Crippen LogP contribution in [0.1, 0.15) is 17.5 Å². The Balaban J connectivity index is 1.40. The van der Waals surface area contributed by atoms with Gasteiger partial charge in [-0.15, -0.1) is 0 Å². The first-order chi connectivity index (χ1) is 16.0. The van der Waals surface area contributed by atoms with E-state index in [0.717, 1.165) is 16.9 Å². The highest BCUT2D eigenvalue weighted by molar-refractivity contribution is 9.10. The van der Waals surface area contributed by atoms with Gasteiger partial charge in [-0.3, -0.25) is 4.79 Å². The van der Waals surface area contributed by atoms with Crippen molar-refractivity contribution < 1.29 is 33.3 Å². The summed E-state index contributed by atoms with van der Waals surface area (Å²) in [6, 6.07) is 7.26. The molecule has 0 radical (unpaired) electrons. The van der Waals surface area contributed by atoms with Crippen LogP contribution in [-0.4, -0.2) is 52.1 Å². The van der Waals surface area contributed by atoms with Crippen LogP contribution in [0.5, 0.6) is 28.7 Å². The maximum atomic E-state index is 12.4. The molecule has 0 saturated heterocycles. The van der Waals surface area contributed by atoms with Gasteiger partial charge in [-0.2, -0.15) is 5.10 Å². The minimum absolute atomic E-state index is 0.0718. The van der Waals surface area contributed by atoms with Crippen molar-refractivity contribution in [3.05, 3.63) is 39.9 Å². The Labute approximate surface area is 198 Å². The van der Waals surface area contributed by atoms with Gasteiger partial charge in [0.1, 0.15) is 17.6 Å². The number of hydrogen-bond donors (Lipinski definition) is 1. The van der Waals surface area contributed by atoms with E-state index in [4.69, 9.17) is 28.5 Å². The Kier molecular flexibility index (Phi) is 6.87. The molecule has 1 N–H and O–H groups in total. The Morgan fingerprint density at radius 1 is 1.15 bits per heavy atom. The van der Waals surface area contributed by atoms with Gasteiger partial charge >= 0.3 is 0 Å². The lowest BCUT2D eigenvalue weighted by molar-refractivity contribution is -0.114. The second kappa shape index (κ2) is 9.99. The summed E-state index contributed by atoms with van der Waals surface area (Å²) in [4.78, 5) is 17.9. The van der Waals surface area contributed by atoms with Gasteiger partial charge in [-0.25, -0.2) is 5.43 Å². The van der Waals surface area contributed by atoms with Crippen molar-refractivity contribution in [2.24, 2.45) is 10.3 Å². The topological polar surface area (TPSA) is 109 Å². The van der Waals surface area contributed by atoms with Gasteiger partial charge in [-0.1, -0.05) is 5.16 Å². The van der Waals surface area contributed by atoms with Gasteiger partial charge < -0.3 is 28.5 Å². The maximum absolute atomic E-state index is 12.4. The first kappa shape index (κ1) is 22.7. The number of hydrazone groups is 1. The Bertz CT molecular complexity index is 1100. The number of fused-ring (bicyclic) bond motifs is 1. The molecule has 0 bridgehead atoms. The standard InChI is InChI=1S/C22H22BrN3O7/c1-28-13-6-4-12(5-7-13)10-24-25-22(27)16-9-14(33-26-16)8-15-17(23)19(30-3)21-20(18(15)29-2)31-11-32-21/h4-7,10,14H,8-9,11H2,1-3H3,(H,25,27)/b24-10+/t14-/m1/s1. The highest BCUT2D eigenvalue weighted by atomic mass is 79.9. The summed E-state index contributed by atoms with van der Waals surface area (Å²) in [5, 5.41) is 7.91. The molecule has 0 fully saturated rings. The number of rotatable bonds is 8. The predicted molar refractivity (Wildman–Crippen MR) is 123 cm³/mol. The van der Waals surface area contributed by atoms with Gasteiger partial charge in [0.15, 0.2) is 11.5 Å². The van der Waals surface area contributed by atoms with Crippen LogP contribution in [0.25, 0.3) is 0 Å². The second-order valence-corrected chi connectivity index (χ2v) is 7.86. The van der Waals surface area contributed by atoms with Crippen LogP contribution in [-0.2, 0) is 16.1 Å². The average Bonchev–Trinajstić information content (AvgIpc) is 3.50. The Hall–Kier alpha value is -3.47. The fourth-order valence-electron chi connectivity index (χ4n) is 3.49. The number of nitrogens with zero attached hydrogens (tertiary/aromatic N) is 2. The zero-order valence-electron chi connectivity index (χ0n) is 18.2. The SMILES string of the molecule is COc1ccc(/C=N/NC(=O)C2=NO[C@H](Cc3c(Br)c(OC)c4c(c3OC)OCO4)C2)cc1. The number of ether oxygens (including phenoxy) is 5. The lowest BCUT2D eigenvalue weighted by Gasteiger charge is -2.18. The fourth-order valence-corrected chi connectivity index (χ4v) is 4.17. The number of oxime groups is 1. The van der Waals surface area contributed by atoms with Gasteiger partial charge in [0, 0.05) is 18.4 Å². The minimum atomic E-state index is -0.434. The summed E-state index contributed by atoms with van der Waals surface area (Å²) in [6.45, 7) is 0.0718. The highest BCUT2D eigenvalue weighted by Crippen LogP contribution is 2.54. The van der Waals surface area contributed by atoms with Crippen molar-refractivity contribution in [3.8, 4) is 28.7 Å². The first-order valence-corrected chi connectivity index (χ1v) is 10.8. The van der Waals surface area contributed by atoms with Gasteiger partial charge in [0.05, 0.1) is 32.0 Å². The van der Waals surface area contributed by atoms with Crippen LogP contribution in [0, 0.1) is 0 Å². The monoisotopic (exact) mass is 519 g/mol. The first-order valence-electron chi connectivity index (χ1n) is 9.97. The highest BCUT2D eigenvalue weighted by Gasteiger charge is 2.34. The molecule has 1 atom stereocenters. The molecule has 33 heavy (non-hydrogen) atoms. The van der Waals surface area contributed by atoms with E-state index in [2.05, 4.69) is 31.6 Å². The van der Waals surface area contributed by atoms with Crippen LogP contribution in [0.2, 0.25) is 0 Å².